The van der Waals surface area contributed by atoms with Gasteiger partial charge in [-0.25, -0.2) is 5.43 Å². The quantitative estimate of drug-likeness (QED) is 0.381. The Morgan fingerprint density at radius 3 is 2.52 bits per heavy atom. The molecule has 0 spiro atoms. The standard InChI is InChI=1S/C14H11N3O6/c18-10-2-3-11(13(20)6-10)14(21)16-15-7-8-5-9(17(22)23)1-4-12(8)19/h1-7,18-20H,(H,16,21)/b15-7+. The molecular weight excluding hydrogens is 306 g/mol. The second kappa shape index (κ2) is 6.43. The zero-order chi connectivity index (χ0) is 17.0. The number of nitro benzene ring substituents is 1. The van der Waals surface area contributed by atoms with E-state index in [4.69, 9.17) is 5.11 Å². The molecule has 0 aliphatic heterocycles. The Kier molecular flexibility index (Phi) is 4.41. The van der Waals surface area contributed by atoms with E-state index >= 15 is 0 Å². The number of nitro groups is 1. The van der Waals surface area contributed by atoms with E-state index in [-0.39, 0.29) is 28.3 Å². The van der Waals surface area contributed by atoms with Crippen LogP contribution in [0, 0.1) is 10.1 Å². The van der Waals surface area contributed by atoms with Gasteiger partial charge >= 0.3 is 0 Å². The topological polar surface area (TPSA) is 145 Å². The maximum absolute atomic E-state index is 11.8. The molecule has 9 heteroatoms. The van der Waals surface area contributed by atoms with E-state index in [1.807, 2.05) is 0 Å². The number of hydrogen-bond donors (Lipinski definition) is 4. The average Bonchev–Trinajstić information content (AvgIpc) is 2.48. The summed E-state index contributed by atoms with van der Waals surface area (Å²) in [4.78, 5) is 21.8. The Bertz CT molecular complexity index is 803. The van der Waals surface area contributed by atoms with Crippen molar-refractivity contribution in [2.45, 2.75) is 0 Å². The molecule has 0 aromatic heterocycles. The minimum Gasteiger partial charge on any atom is -0.508 e. The van der Waals surface area contributed by atoms with Gasteiger partial charge in [0.25, 0.3) is 11.6 Å². The van der Waals surface area contributed by atoms with Crippen LogP contribution in [0.1, 0.15) is 15.9 Å². The number of phenols is 3. The van der Waals surface area contributed by atoms with Gasteiger partial charge in [-0.3, -0.25) is 14.9 Å². The summed E-state index contributed by atoms with van der Waals surface area (Å²) in [7, 11) is 0. The number of rotatable bonds is 4. The van der Waals surface area contributed by atoms with Gasteiger partial charge in [0.05, 0.1) is 16.7 Å². The van der Waals surface area contributed by atoms with E-state index in [1.54, 1.807) is 0 Å². The summed E-state index contributed by atoms with van der Waals surface area (Å²) >= 11 is 0. The maximum Gasteiger partial charge on any atom is 0.275 e. The Hall–Kier alpha value is -3.62. The van der Waals surface area contributed by atoms with Crippen molar-refractivity contribution in [3.63, 3.8) is 0 Å². The van der Waals surface area contributed by atoms with E-state index < -0.39 is 16.6 Å². The highest BCUT2D eigenvalue weighted by Gasteiger charge is 2.11. The van der Waals surface area contributed by atoms with Crippen LogP contribution in [0.15, 0.2) is 41.5 Å². The van der Waals surface area contributed by atoms with Gasteiger partial charge in [-0.05, 0) is 18.2 Å². The Morgan fingerprint density at radius 2 is 1.87 bits per heavy atom. The highest BCUT2D eigenvalue weighted by atomic mass is 16.6. The zero-order valence-electron chi connectivity index (χ0n) is 11.5. The number of non-ortho nitro benzene ring substituents is 1. The molecular formula is C14H11N3O6. The highest BCUT2D eigenvalue weighted by molar-refractivity contribution is 5.97. The fourth-order valence-corrected chi connectivity index (χ4v) is 1.69. The molecule has 23 heavy (non-hydrogen) atoms. The molecule has 9 nitrogen and oxygen atoms in total. The molecule has 2 aromatic rings. The molecule has 4 N–H and O–H groups in total. The minimum absolute atomic E-state index is 0.0365. The number of nitrogens with one attached hydrogen (secondary N) is 1. The highest BCUT2D eigenvalue weighted by Crippen LogP contribution is 2.23. The smallest absolute Gasteiger partial charge is 0.275 e. The summed E-state index contributed by atoms with van der Waals surface area (Å²) in [6.07, 6.45) is 1.03. The van der Waals surface area contributed by atoms with Crippen LogP contribution in [0.4, 0.5) is 5.69 Å². The van der Waals surface area contributed by atoms with Crippen LogP contribution in [0.3, 0.4) is 0 Å². The van der Waals surface area contributed by atoms with Crippen molar-refractivity contribution in [1.29, 1.82) is 0 Å². The molecule has 0 saturated heterocycles. The van der Waals surface area contributed by atoms with Gasteiger partial charge in [0.1, 0.15) is 17.2 Å². The first-order chi connectivity index (χ1) is 10.9. The number of carbonyl (C=O) groups is 1. The Morgan fingerprint density at radius 1 is 1.13 bits per heavy atom. The van der Waals surface area contributed by atoms with Crippen LogP contribution in [0.25, 0.3) is 0 Å². The van der Waals surface area contributed by atoms with Crippen molar-refractivity contribution < 1.29 is 25.0 Å². The van der Waals surface area contributed by atoms with Crippen molar-refractivity contribution in [2.75, 3.05) is 0 Å². The van der Waals surface area contributed by atoms with E-state index in [9.17, 15) is 25.1 Å². The van der Waals surface area contributed by atoms with Gasteiger partial charge < -0.3 is 15.3 Å². The van der Waals surface area contributed by atoms with Crippen molar-refractivity contribution in [3.05, 3.63) is 57.6 Å². The minimum atomic E-state index is -0.760. The second-order valence-electron chi connectivity index (χ2n) is 4.40. The predicted octanol–water partition coefficient (Wildman–Crippen LogP) is 1.48. The number of nitrogens with zero attached hydrogens (tertiary/aromatic N) is 2. The number of benzene rings is 2. The zero-order valence-corrected chi connectivity index (χ0v) is 11.5. The molecule has 2 rings (SSSR count). The van der Waals surface area contributed by atoms with Gasteiger partial charge in [0.2, 0.25) is 0 Å². The Labute approximate surface area is 129 Å². The number of phenolic OH excluding ortho intramolecular Hbond substituents is 3. The van der Waals surface area contributed by atoms with Crippen molar-refractivity contribution in [3.8, 4) is 17.2 Å². The van der Waals surface area contributed by atoms with Crippen LogP contribution in [-0.4, -0.2) is 32.4 Å². The average molecular weight is 317 g/mol. The number of hydrogen-bond acceptors (Lipinski definition) is 7. The van der Waals surface area contributed by atoms with Crippen molar-refractivity contribution >= 4 is 17.8 Å². The summed E-state index contributed by atoms with van der Waals surface area (Å²) in [5, 5.41) is 42.5. The molecule has 2 aromatic carbocycles. The van der Waals surface area contributed by atoms with Crippen LogP contribution < -0.4 is 5.43 Å². The number of hydrazone groups is 1. The monoisotopic (exact) mass is 317 g/mol. The molecule has 0 atom stereocenters. The van der Waals surface area contributed by atoms with Crippen LogP contribution in [0.5, 0.6) is 17.2 Å². The molecule has 0 radical (unpaired) electrons. The lowest BCUT2D eigenvalue weighted by atomic mass is 10.2. The summed E-state index contributed by atoms with van der Waals surface area (Å²) in [5.74, 6) is -1.65. The van der Waals surface area contributed by atoms with E-state index in [0.29, 0.717) is 0 Å². The molecule has 118 valence electrons. The summed E-state index contributed by atoms with van der Waals surface area (Å²) in [5.41, 5.74) is 1.76. The first kappa shape index (κ1) is 15.8. The third-order valence-electron chi connectivity index (χ3n) is 2.82. The van der Waals surface area contributed by atoms with Crippen molar-refractivity contribution in [1.82, 2.24) is 5.43 Å². The molecule has 0 saturated carbocycles. The molecule has 0 aliphatic carbocycles. The molecule has 0 aliphatic rings. The number of aromatic hydroxyl groups is 3. The van der Waals surface area contributed by atoms with Gasteiger partial charge in [-0.2, -0.15) is 5.10 Å². The lowest BCUT2D eigenvalue weighted by Crippen LogP contribution is -2.17. The largest absolute Gasteiger partial charge is 0.508 e. The molecule has 0 heterocycles. The normalized spacial score (nSPS) is 10.6. The lowest BCUT2D eigenvalue weighted by Gasteiger charge is -2.03. The summed E-state index contributed by atoms with van der Waals surface area (Å²) < 4.78 is 0. The van der Waals surface area contributed by atoms with Gasteiger partial charge in [-0.15, -0.1) is 0 Å². The third kappa shape index (κ3) is 3.73. The maximum atomic E-state index is 11.8. The van der Waals surface area contributed by atoms with E-state index in [0.717, 1.165) is 30.5 Å². The molecule has 0 fully saturated rings. The van der Waals surface area contributed by atoms with Gasteiger partial charge in [0, 0.05) is 23.8 Å². The van der Waals surface area contributed by atoms with E-state index in [2.05, 4.69) is 10.5 Å². The van der Waals surface area contributed by atoms with Crippen LogP contribution in [-0.2, 0) is 0 Å². The predicted molar refractivity (Wildman–Crippen MR) is 79.6 cm³/mol. The fourth-order valence-electron chi connectivity index (χ4n) is 1.69. The van der Waals surface area contributed by atoms with Crippen LogP contribution >= 0.6 is 0 Å². The van der Waals surface area contributed by atoms with E-state index in [1.165, 1.54) is 12.1 Å². The first-order valence-corrected chi connectivity index (χ1v) is 6.21. The number of carbonyl (C=O) groups excluding carboxylic acids is 1. The molecule has 0 unspecified atom stereocenters. The third-order valence-corrected chi connectivity index (χ3v) is 2.82. The lowest BCUT2D eigenvalue weighted by molar-refractivity contribution is -0.384. The fraction of sp³-hybridized carbons (Fsp3) is 0. The SMILES string of the molecule is O=C(N/N=C/c1cc([N+](=O)[O-])ccc1O)c1ccc(O)cc1O. The number of amides is 1. The Balaban J connectivity index is 2.14. The summed E-state index contributed by atoms with van der Waals surface area (Å²) in [6.45, 7) is 0. The first-order valence-electron chi connectivity index (χ1n) is 6.21. The van der Waals surface area contributed by atoms with Gasteiger partial charge in [0.15, 0.2) is 0 Å². The van der Waals surface area contributed by atoms with Crippen molar-refractivity contribution in [2.24, 2.45) is 5.10 Å². The molecule has 1 amide bonds. The molecule has 0 bridgehead atoms. The summed E-state index contributed by atoms with van der Waals surface area (Å²) in [6, 6.07) is 6.74. The van der Waals surface area contributed by atoms with Gasteiger partial charge in [-0.1, -0.05) is 0 Å². The second-order valence-corrected chi connectivity index (χ2v) is 4.40. The van der Waals surface area contributed by atoms with Crippen LogP contribution in [0.2, 0.25) is 0 Å².